The van der Waals surface area contributed by atoms with Gasteiger partial charge in [0.1, 0.15) is 0 Å². The lowest BCUT2D eigenvalue weighted by Gasteiger charge is -2.10. The molecule has 1 unspecified atom stereocenters. The van der Waals surface area contributed by atoms with E-state index in [-0.39, 0.29) is 11.7 Å². The second-order valence-corrected chi connectivity index (χ2v) is 4.86. The molecule has 0 N–H and O–H groups in total. The van der Waals surface area contributed by atoms with E-state index in [2.05, 4.69) is 11.6 Å². The van der Waals surface area contributed by atoms with E-state index in [1.54, 1.807) is 32.7 Å². The fourth-order valence-corrected chi connectivity index (χ4v) is 2.73. The average molecular weight is 281 g/mol. The quantitative estimate of drug-likeness (QED) is 0.867. The molecule has 0 fully saturated rings. The van der Waals surface area contributed by atoms with Gasteiger partial charge in [-0.25, -0.2) is 0 Å². The van der Waals surface area contributed by atoms with Crippen LogP contribution in [0.15, 0.2) is 43.2 Å². The van der Waals surface area contributed by atoms with Crippen LogP contribution < -0.4 is 9.47 Å². The molecule has 0 saturated carbocycles. The zero-order valence-corrected chi connectivity index (χ0v) is 11.9. The van der Waals surface area contributed by atoms with Gasteiger partial charge in [0.2, 0.25) is 0 Å². The molecule has 0 radical (unpaired) electrons. The van der Waals surface area contributed by atoms with Crippen LogP contribution in [0.5, 0.6) is 11.5 Å². The largest absolute Gasteiger partial charge is 0.493 e. The molecule has 1 aromatic carbocycles. The van der Waals surface area contributed by atoms with E-state index >= 15 is 0 Å². The second kappa shape index (κ2) is 5.05. The minimum absolute atomic E-state index is 0.0298. The summed E-state index contributed by atoms with van der Waals surface area (Å²) in [6.07, 6.45) is 3.36. The summed E-state index contributed by atoms with van der Waals surface area (Å²) in [6, 6.07) is 7.22. The number of hydrogen-bond acceptors (Lipinski definition) is 4. The highest BCUT2D eigenvalue weighted by molar-refractivity contribution is 6.17. The number of hydrogen-bond donors (Lipinski definition) is 0. The molecule has 4 heteroatoms. The summed E-state index contributed by atoms with van der Waals surface area (Å²) in [7, 11) is 3.13. The van der Waals surface area contributed by atoms with Gasteiger partial charge >= 0.3 is 0 Å². The molecular weight excluding hydrogens is 266 g/mol. The molecule has 0 bridgehead atoms. The summed E-state index contributed by atoms with van der Waals surface area (Å²) < 4.78 is 10.6. The standard InChI is InChI=1S/C17H15NO3/c1-10-12-8-14(20-2)15(21-3)9-13(12)17(19)16(10)11-4-6-18-7-5-11/h4-9,16H,1H2,2-3H3. The van der Waals surface area contributed by atoms with Crippen molar-refractivity contribution in [2.75, 3.05) is 14.2 Å². The van der Waals surface area contributed by atoms with Crippen LogP contribution in [-0.4, -0.2) is 25.0 Å². The Kier molecular flexibility index (Phi) is 3.22. The summed E-state index contributed by atoms with van der Waals surface area (Å²) in [6.45, 7) is 4.10. The van der Waals surface area contributed by atoms with E-state index in [4.69, 9.17) is 9.47 Å². The first-order valence-electron chi connectivity index (χ1n) is 6.56. The van der Waals surface area contributed by atoms with Crippen molar-refractivity contribution >= 4 is 11.4 Å². The highest BCUT2D eigenvalue weighted by Crippen LogP contribution is 2.45. The molecule has 1 heterocycles. The highest BCUT2D eigenvalue weighted by Gasteiger charge is 2.36. The van der Waals surface area contributed by atoms with Gasteiger partial charge in [0.05, 0.1) is 20.1 Å². The first-order chi connectivity index (χ1) is 10.2. The molecule has 2 aromatic rings. The van der Waals surface area contributed by atoms with Crippen molar-refractivity contribution in [1.82, 2.24) is 4.98 Å². The molecule has 3 rings (SSSR count). The van der Waals surface area contributed by atoms with Gasteiger partial charge in [0.15, 0.2) is 17.3 Å². The van der Waals surface area contributed by atoms with Gasteiger partial charge in [-0.2, -0.15) is 0 Å². The van der Waals surface area contributed by atoms with Gasteiger partial charge in [0.25, 0.3) is 0 Å². The molecule has 0 aliphatic heterocycles. The number of benzene rings is 1. The maximum atomic E-state index is 12.7. The van der Waals surface area contributed by atoms with Gasteiger partial charge in [-0.3, -0.25) is 9.78 Å². The lowest BCUT2D eigenvalue weighted by molar-refractivity contribution is 0.0986. The number of Topliss-reactive ketones (excluding diaryl/α,β-unsaturated/α-hetero) is 1. The fraction of sp³-hybridized carbons (Fsp3) is 0.176. The van der Waals surface area contributed by atoms with Gasteiger partial charge in [-0.05, 0) is 41.0 Å². The molecule has 4 nitrogen and oxygen atoms in total. The molecule has 0 spiro atoms. The third-order valence-electron chi connectivity index (χ3n) is 3.79. The normalized spacial score (nSPS) is 16.8. The molecule has 1 atom stereocenters. The van der Waals surface area contributed by atoms with Crippen LogP contribution in [0.25, 0.3) is 5.57 Å². The topological polar surface area (TPSA) is 48.4 Å². The van der Waals surface area contributed by atoms with E-state index in [1.165, 1.54) is 0 Å². The number of allylic oxidation sites excluding steroid dienone is 1. The average Bonchev–Trinajstić information content (AvgIpc) is 2.77. The summed E-state index contributed by atoms with van der Waals surface area (Å²) in [5.41, 5.74) is 3.12. The van der Waals surface area contributed by atoms with Crippen LogP contribution in [0.4, 0.5) is 0 Å². The maximum Gasteiger partial charge on any atom is 0.175 e. The van der Waals surface area contributed by atoms with Gasteiger partial charge in [-0.15, -0.1) is 0 Å². The first-order valence-corrected chi connectivity index (χ1v) is 6.56. The molecule has 0 amide bonds. The lowest BCUT2D eigenvalue weighted by atomic mass is 9.93. The molecule has 1 aromatic heterocycles. The second-order valence-electron chi connectivity index (χ2n) is 4.86. The minimum atomic E-state index is -0.361. The van der Waals surface area contributed by atoms with Crippen molar-refractivity contribution < 1.29 is 14.3 Å². The van der Waals surface area contributed by atoms with Crippen LogP contribution >= 0.6 is 0 Å². The number of aromatic nitrogens is 1. The molecule has 21 heavy (non-hydrogen) atoms. The molecule has 1 aliphatic carbocycles. The van der Waals surface area contributed by atoms with Crippen LogP contribution in [0, 0.1) is 0 Å². The van der Waals surface area contributed by atoms with Crippen LogP contribution in [0.2, 0.25) is 0 Å². The van der Waals surface area contributed by atoms with E-state index in [9.17, 15) is 4.79 Å². The monoisotopic (exact) mass is 281 g/mol. The predicted molar refractivity (Wildman–Crippen MR) is 79.9 cm³/mol. The Balaban J connectivity index is 2.13. The zero-order valence-electron chi connectivity index (χ0n) is 11.9. The summed E-state index contributed by atoms with van der Waals surface area (Å²) >= 11 is 0. The van der Waals surface area contributed by atoms with Crippen LogP contribution in [0.1, 0.15) is 27.4 Å². The highest BCUT2D eigenvalue weighted by atomic mass is 16.5. The zero-order chi connectivity index (χ0) is 15.0. The van der Waals surface area contributed by atoms with Crippen molar-refractivity contribution in [2.45, 2.75) is 5.92 Å². The minimum Gasteiger partial charge on any atom is -0.493 e. The Bertz CT molecular complexity index is 679. The lowest BCUT2D eigenvalue weighted by Crippen LogP contribution is -2.06. The van der Waals surface area contributed by atoms with Crippen molar-refractivity contribution in [1.29, 1.82) is 0 Å². The Morgan fingerprint density at radius 1 is 1.05 bits per heavy atom. The first kappa shape index (κ1) is 13.4. The number of ether oxygens (including phenoxy) is 2. The van der Waals surface area contributed by atoms with Gasteiger partial charge < -0.3 is 9.47 Å². The maximum absolute atomic E-state index is 12.7. The Hall–Kier alpha value is -2.62. The third kappa shape index (κ3) is 2.00. The SMILES string of the molecule is C=C1c2cc(OC)c(OC)cc2C(=O)C1c1ccncc1. The Morgan fingerprint density at radius 2 is 1.62 bits per heavy atom. The summed E-state index contributed by atoms with van der Waals surface area (Å²) in [4.78, 5) is 16.7. The number of rotatable bonds is 3. The molecule has 106 valence electrons. The van der Waals surface area contributed by atoms with Crippen LogP contribution in [-0.2, 0) is 0 Å². The molecule has 1 aliphatic rings. The van der Waals surface area contributed by atoms with E-state index < -0.39 is 0 Å². The number of fused-ring (bicyclic) bond motifs is 1. The predicted octanol–water partition coefficient (Wildman–Crippen LogP) is 3.09. The van der Waals surface area contributed by atoms with E-state index in [1.807, 2.05) is 18.2 Å². The number of ketones is 1. The Morgan fingerprint density at radius 3 is 2.19 bits per heavy atom. The van der Waals surface area contributed by atoms with Gasteiger partial charge in [-0.1, -0.05) is 6.58 Å². The number of carbonyl (C=O) groups excluding carboxylic acids is 1. The third-order valence-corrected chi connectivity index (χ3v) is 3.79. The fourth-order valence-electron chi connectivity index (χ4n) is 2.73. The van der Waals surface area contributed by atoms with E-state index in [0.29, 0.717) is 17.1 Å². The number of nitrogens with zero attached hydrogens (tertiary/aromatic N) is 1. The van der Waals surface area contributed by atoms with Crippen molar-refractivity contribution in [3.8, 4) is 11.5 Å². The Labute approximate surface area is 123 Å². The van der Waals surface area contributed by atoms with E-state index in [0.717, 1.165) is 16.7 Å². The number of methoxy groups -OCH3 is 2. The van der Waals surface area contributed by atoms with Gasteiger partial charge in [0, 0.05) is 18.0 Å². The van der Waals surface area contributed by atoms with Crippen molar-refractivity contribution in [3.63, 3.8) is 0 Å². The number of carbonyl (C=O) groups is 1. The van der Waals surface area contributed by atoms with Crippen molar-refractivity contribution in [2.24, 2.45) is 0 Å². The van der Waals surface area contributed by atoms with Crippen molar-refractivity contribution in [3.05, 3.63) is 59.9 Å². The molecular formula is C17H15NO3. The summed E-state index contributed by atoms with van der Waals surface area (Å²) in [5, 5.41) is 0. The number of pyridine rings is 1. The molecule has 0 saturated heterocycles. The summed E-state index contributed by atoms with van der Waals surface area (Å²) in [5.74, 6) is 0.815. The smallest absolute Gasteiger partial charge is 0.175 e. The van der Waals surface area contributed by atoms with Crippen LogP contribution in [0.3, 0.4) is 0 Å².